The predicted octanol–water partition coefficient (Wildman–Crippen LogP) is 2.71. The van der Waals surface area contributed by atoms with E-state index in [2.05, 4.69) is 16.8 Å². The van der Waals surface area contributed by atoms with Crippen molar-refractivity contribution in [1.29, 1.82) is 0 Å². The number of azo groups is 1. The number of allylic oxidation sites excluding steroid dienone is 1. The van der Waals surface area contributed by atoms with Crippen molar-refractivity contribution in [2.24, 2.45) is 10.2 Å². The van der Waals surface area contributed by atoms with Gasteiger partial charge in [0.05, 0.1) is 11.4 Å². The minimum absolute atomic E-state index is 0.201. The van der Waals surface area contributed by atoms with Crippen LogP contribution >= 0.6 is 0 Å². The molecule has 0 aliphatic carbocycles. The van der Waals surface area contributed by atoms with Crippen molar-refractivity contribution in [2.75, 3.05) is 0 Å². The molecule has 0 amide bonds. The van der Waals surface area contributed by atoms with E-state index in [0.29, 0.717) is 11.4 Å². The molecule has 0 aliphatic heterocycles. The van der Waals surface area contributed by atoms with Gasteiger partial charge in [-0.2, -0.15) is 10.2 Å². The van der Waals surface area contributed by atoms with E-state index in [4.69, 9.17) is 5.11 Å². The predicted molar refractivity (Wildman–Crippen MR) is 54.4 cm³/mol. The Morgan fingerprint density at radius 1 is 1.47 bits per heavy atom. The van der Waals surface area contributed by atoms with E-state index in [1.165, 1.54) is 18.2 Å². The highest BCUT2D eigenvalue weighted by atomic mass is 16.4. The first-order chi connectivity index (χ1) is 7.00. The molecule has 0 atom stereocenters. The van der Waals surface area contributed by atoms with Gasteiger partial charge in [0.15, 0.2) is 0 Å². The molecule has 0 spiro atoms. The Morgan fingerprint density at radius 3 is 2.67 bits per heavy atom. The van der Waals surface area contributed by atoms with Crippen LogP contribution in [0.4, 0.5) is 5.69 Å². The van der Waals surface area contributed by atoms with Gasteiger partial charge in [-0.15, -0.1) is 0 Å². The molecule has 0 heterocycles. The van der Waals surface area contributed by atoms with Crippen LogP contribution in [0.2, 0.25) is 0 Å². The summed E-state index contributed by atoms with van der Waals surface area (Å²) in [5, 5.41) is 25.4. The third-order valence-corrected chi connectivity index (χ3v) is 1.55. The van der Waals surface area contributed by atoms with Crippen LogP contribution in [0.15, 0.2) is 40.7 Å². The summed E-state index contributed by atoms with van der Waals surface area (Å²) in [7, 11) is 0. The molecule has 0 saturated carbocycles. The summed E-state index contributed by atoms with van der Waals surface area (Å²) in [6, 6.07) is 3.97. The van der Waals surface area contributed by atoms with Crippen molar-refractivity contribution < 1.29 is 15.0 Å². The fourth-order valence-corrected chi connectivity index (χ4v) is 0.901. The topological polar surface area (TPSA) is 82.2 Å². The Balaban J connectivity index is 3.08. The number of hydrogen-bond donors (Lipinski definition) is 2. The maximum Gasteiger partial charge on any atom is 0.339 e. The lowest BCUT2D eigenvalue weighted by Gasteiger charge is -1.99. The summed E-state index contributed by atoms with van der Waals surface area (Å²) in [6.45, 7) is 5.19. The van der Waals surface area contributed by atoms with Crippen LogP contribution in [0.25, 0.3) is 0 Å². The molecule has 0 saturated heterocycles. The van der Waals surface area contributed by atoms with Crippen molar-refractivity contribution in [2.45, 2.75) is 6.92 Å². The average molecular weight is 206 g/mol. The highest BCUT2D eigenvalue weighted by molar-refractivity contribution is 5.91. The van der Waals surface area contributed by atoms with Gasteiger partial charge in [-0.1, -0.05) is 6.58 Å². The van der Waals surface area contributed by atoms with Gasteiger partial charge in [-0.05, 0) is 25.1 Å². The zero-order chi connectivity index (χ0) is 11.4. The lowest BCUT2D eigenvalue weighted by Crippen LogP contribution is -1.95. The molecule has 0 aromatic heterocycles. The van der Waals surface area contributed by atoms with Gasteiger partial charge < -0.3 is 10.2 Å². The smallest absolute Gasteiger partial charge is 0.339 e. The number of carboxylic acid groups (broad SMARTS) is 1. The Morgan fingerprint density at radius 2 is 2.13 bits per heavy atom. The zero-order valence-electron chi connectivity index (χ0n) is 8.14. The van der Waals surface area contributed by atoms with Crippen LogP contribution in [0.5, 0.6) is 5.75 Å². The van der Waals surface area contributed by atoms with Crippen LogP contribution in [-0.2, 0) is 0 Å². The molecule has 5 nitrogen and oxygen atoms in total. The Kier molecular flexibility index (Phi) is 3.17. The summed E-state index contributed by atoms with van der Waals surface area (Å²) >= 11 is 0. The molecule has 78 valence electrons. The third-order valence-electron chi connectivity index (χ3n) is 1.55. The maximum atomic E-state index is 10.7. The van der Waals surface area contributed by atoms with E-state index in [1.807, 2.05) is 0 Å². The summed E-state index contributed by atoms with van der Waals surface area (Å²) in [6.07, 6.45) is 0. The van der Waals surface area contributed by atoms with E-state index in [0.717, 1.165) is 0 Å². The number of aromatic carboxylic acids is 1. The minimum Gasteiger partial charge on any atom is -0.507 e. The summed E-state index contributed by atoms with van der Waals surface area (Å²) in [5.74, 6) is -1.50. The van der Waals surface area contributed by atoms with E-state index >= 15 is 0 Å². The number of phenols is 1. The van der Waals surface area contributed by atoms with Gasteiger partial charge in [0, 0.05) is 0 Å². The molecule has 2 N–H and O–H groups in total. The third kappa shape index (κ3) is 2.91. The summed E-state index contributed by atoms with van der Waals surface area (Å²) < 4.78 is 0. The molecule has 15 heavy (non-hydrogen) atoms. The highest BCUT2D eigenvalue weighted by Crippen LogP contribution is 2.23. The number of hydrogen-bond acceptors (Lipinski definition) is 4. The Hall–Kier alpha value is -2.17. The van der Waals surface area contributed by atoms with Crippen molar-refractivity contribution in [3.63, 3.8) is 0 Å². The molecule has 0 bridgehead atoms. The number of carboxylic acids is 1. The highest BCUT2D eigenvalue weighted by Gasteiger charge is 2.09. The second-order valence-corrected chi connectivity index (χ2v) is 2.94. The lowest BCUT2D eigenvalue weighted by atomic mass is 10.2. The second-order valence-electron chi connectivity index (χ2n) is 2.94. The van der Waals surface area contributed by atoms with Gasteiger partial charge in [0.1, 0.15) is 11.3 Å². The molecule has 0 unspecified atom stereocenters. The zero-order valence-corrected chi connectivity index (χ0v) is 8.14. The molecule has 1 aromatic rings. The van der Waals surface area contributed by atoms with Crippen molar-refractivity contribution in [1.82, 2.24) is 0 Å². The van der Waals surface area contributed by atoms with E-state index in [1.54, 1.807) is 6.92 Å². The fourth-order valence-electron chi connectivity index (χ4n) is 0.901. The average Bonchev–Trinajstić information content (AvgIpc) is 2.16. The first kappa shape index (κ1) is 10.9. The van der Waals surface area contributed by atoms with E-state index in [9.17, 15) is 9.90 Å². The van der Waals surface area contributed by atoms with Crippen molar-refractivity contribution in [3.8, 4) is 5.75 Å². The monoisotopic (exact) mass is 206 g/mol. The molecule has 0 radical (unpaired) electrons. The minimum atomic E-state index is -1.21. The number of nitrogens with zero attached hydrogens (tertiary/aromatic N) is 2. The first-order valence-corrected chi connectivity index (χ1v) is 4.14. The standard InChI is InChI=1S/C10H10N2O3/c1-6(2)11-12-7-3-4-9(13)8(5-7)10(14)15/h3-5,13H,1H2,2H3,(H,14,15). The largest absolute Gasteiger partial charge is 0.507 e. The molecule has 0 aliphatic rings. The van der Waals surface area contributed by atoms with Crippen molar-refractivity contribution >= 4 is 11.7 Å². The van der Waals surface area contributed by atoms with E-state index in [-0.39, 0.29) is 11.3 Å². The summed E-state index contributed by atoms with van der Waals surface area (Å²) in [5.41, 5.74) is 0.668. The van der Waals surface area contributed by atoms with Gasteiger partial charge in [0.2, 0.25) is 0 Å². The van der Waals surface area contributed by atoms with Crippen LogP contribution in [0, 0.1) is 0 Å². The maximum absolute atomic E-state index is 10.7. The number of carbonyl (C=O) groups is 1. The number of aromatic hydroxyl groups is 1. The molecule has 0 fully saturated rings. The molecule has 1 rings (SSSR count). The number of rotatable bonds is 3. The quantitative estimate of drug-likeness (QED) is 0.746. The summed E-state index contributed by atoms with van der Waals surface area (Å²) in [4.78, 5) is 10.7. The van der Waals surface area contributed by atoms with Crippen molar-refractivity contribution in [3.05, 3.63) is 36.0 Å². The van der Waals surface area contributed by atoms with Gasteiger partial charge in [-0.25, -0.2) is 4.79 Å². The normalized spacial score (nSPS) is 10.5. The molecule has 5 heteroatoms. The van der Waals surface area contributed by atoms with Crippen LogP contribution in [0.3, 0.4) is 0 Å². The number of benzene rings is 1. The SMILES string of the molecule is C=C(C)N=Nc1ccc(O)c(C(=O)O)c1. The van der Waals surface area contributed by atoms with Gasteiger partial charge >= 0.3 is 5.97 Å². The van der Waals surface area contributed by atoms with Gasteiger partial charge in [-0.3, -0.25) is 0 Å². The molecular formula is C10H10N2O3. The Bertz CT molecular complexity index is 438. The van der Waals surface area contributed by atoms with Crippen LogP contribution in [0.1, 0.15) is 17.3 Å². The fraction of sp³-hybridized carbons (Fsp3) is 0.100. The lowest BCUT2D eigenvalue weighted by molar-refractivity contribution is 0.0694. The van der Waals surface area contributed by atoms with Crippen LogP contribution in [-0.4, -0.2) is 16.2 Å². The van der Waals surface area contributed by atoms with E-state index < -0.39 is 5.97 Å². The second kappa shape index (κ2) is 4.36. The Labute approximate surface area is 86.4 Å². The first-order valence-electron chi connectivity index (χ1n) is 4.14. The van der Waals surface area contributed by atoms with Crippen LogP contribution < -0.4 is 0 Å². The van der Waals surface area contributed by atoms with Gasteiger partial charge in [0.25, 0.3) is 0 Å². The molecule has 1 aromatic carbocycles. The molecular weight excluding hydrogens is 196 g/mol.